The predicted octanol–water partition coefficient (Wildman–Crippen LogP) is -3.32. The molecule has 0 saturated heterocycles. The zero-order valence-corrected chi connectivity index (χ0v) is 10.5. The largest absolute Gasteiger partial charge is 4.00 e. The fourth-order valence-electron chi connectivity index (χ4n) is 0. The number of hydrogen-bond acceptors (Lipinski definition) is 6. The van der Waals surface area contributed by atoms with E-state index >= 15 is 0 Å². The van der Waals surface area contributed by atoms with E-state index in [4.69, 9.17) is 28.7 Å². The van der Waals surface area contributed by atoms with Crippen LogP contribution in [0.15, 0.2) is 0 Å². The summed E-state index contributed by atoms with van der Waals surface area (Å²) in [5, 5.41) is 0. The van der Waals surface area contributed by atoms with Crippen LogP contribution in [-0.2, 0) is 9.13 Å². The van der Waals surface area contributed by atoms with Gasteiger partial charge in [0.1, 0.15) is 0 Å². The number of hydrogen-bond donors (Lipinski definition) is 0. The van der Waals surface area contributed by atoms with Crippen LogP contribution in [0.1, 0.15) is 0 Å². The van der Waals surface area contributed by atoms with Gasteiger partial charge in [0.15, 0.2) is 0 Å². The maximum atomic E-state index is 9.10. The van der Waals surface area contributed by atoms with E-state index in [1.165, 1.54) is 0 Å². The minimum Gasteiger partial charge on any atom is -0.811 e. The Hall–Kier alpha value is 1.10. The Morgan fingerprint density at radius 1 is 0.818 bits per heavy atom. The van der Waals surface area contributed by atoms with Crippen molar-refractivity contribution in [1.82, 2.24) is 0 Å². The Morgan fingerprint density at radius 3 is 0.818 bits per heavy atom. The van der Waals surface area contributed by atoms with Crippen LogP contribution in [-0.4, -0.2) is 37.2 Å². The van der Waals surface area contributed by atoms with Crippen LogP contribution >= 0.6 is 15.2 Å². The standard InChI is InChI=1S/2CH5O3P.Sn/c2*1-5(2,3)4;/h2*1H3,(H2,2,3,4);/q;;+4/p-4. The van der Waals surface area contributed by atoms with Crippen molar-refractivity contribution in [2.24, 2.45) is 0 Å². The van der Waals surface area contributed by atoms with E-state index in [9.17, 15) is 0 Å². The first-order valence-electron chi connectivity index (χ1n) is 1.99. The smallest absolute Gasteiger partial charge is 0.811 e. The van der Waals surface area contributed by atoms with E-state index in [0.29, 0.717) is 13.3 Å². The molecule has 0 N–H and O–H groups in total. The number of rotatable bonds is 0. The van der Waals surface area contributed by atoms with E-state index in [2.05, 4.69) is 0 Å². The Morgan fingerprint density at radius 2 is 0.818 bits per heavy atom. The van der Waals surface area contributed by atoms with Gasteiger partial charge < -0.3 is 28.7 Å². The topological polar surface area (TPSA) is 126 Å². The van der Waals surface area contributed by atoms with Gasteiger partial charge in [-0.05, 0) is 13.3 Å². The summed E-state index contributed by atoms with van der Waals surface area (Å²) in [6.07, 6.45) is 0. The summed E-state index contributed by atoms with van der Waals surface area (Å²) >= 11 is 0. The molecule has 0 bridgehead atoms. The molecule has 0 aliphatic rings. The molecule has 11 heavy (non-hydrogen) atoms. The average molecular weight is 307 g/mol. The summed E-state index contributed by atoms with van der Waals surface area (Å²) in [4.78, 5) is 36.4. The molecular formula is C2H6O6P2Sn. The second-order valence-corrected chi connectivity index (χ2v) is 4.63. The SMILES string of the molecule is CP(=O)([O-])[O-].CP(=O)([O-])[O-].[Sn+4]. The predicted molar refractivity (Wildman–Crippen MR) is 32.8 cm³/mol. The van der Waals surface area contributed by atoms with Crippen molar-refractivity contribution in [3.05, 3.63) is 0 Å². The summed E-state index contributed by atoms with van der Waals surface area (Å²) in [6, 6.07) is 0. The summed E-state index contributed by atoms with van der Waals surface area (Å²) in [6.45, 7) is 1.26. The van der Waals surface area contributed by atoms with Gasteiger partial charge in [0.05, 0.1) is 0 Å². The molecule has 0 aliphatic carbocycles. The molecule has 0 fully saturated rings. The van der Waals surface area contributed by atoms with Crippen LogP contribution in [0.5, 0.6) is 0 Å². The van der Waals surface area contributed by atoms with Crippen LogP contribution in [0, 0.1) is 0 Å². The molecule has 0 heterocycles. The van der Waals surface area contributed by atoms with Gasteiger partial charge >= 0.3 is 23.9 Å². The summed E-state index contributed by atoms with van der Waals surface area (Å²) in [7, 11) is -8.28. The van der Waals surface area contributed by atoms with Crippen LogP contribution in [0.4, 0.5) is 0 Å². The second-order valence-electron chi connectivity index (χ2n) is 1.54. The van der Waals surface area contributed by atoms with Crippen LogP contribution in [0.25, 0.3) is 0 Å². The van der Waals surface area contributed by atoms with Crippen molar-refractivity contribution in [3.63, 3.8) is 0 Å². The molecule has 64 valence electrons. The average Bonchev–Trinajstić information content (AvgIpc) is 1.12. The Labute approximate surface area is 81.3 Å². The Kier molecular flexibility index (Phi) is 10.8. The van der Waals surface area contributed by atoms with Crippen LogP contribution in [0.3, 0.4) is 0 Å². The van der Waals surface area contributed by atoms with Crippen molar-refractivity contribution in [2.75, 3.05) is 13.3 Å². The van der Waals surface area contributed by atoms with Crippen molar-refractivity contribution in [2.45, 2.75) is 0 Å². The van der Waals surface area contributed by atoms with E-state index in [-0.39, 0.29) is 23.9 Å². The third-order valence-electron chi connectivity index (χ3n) is 0. The van der Waals surface area contributed by atoms with Crippen LogP contribution in [0.2, 0.25) is 0 Å². The monoisotopic (exact) mass is 308 g/mol. The first-order valence-corrected chi connectivity index (χ1v) is 5.97. The zero-order chi connectivity index (χ0) is 9.00. The summed E-state index contributed by atoms with van der Waals surface area (Å²) in [5.74, 6) is 0. The van der Waals surface area contributed by atoms with Gasteiger partial charge in [-0.1, -0.05) is 15.2 Å². The van der Waals surface area contributed by atoms with E-state index in [1.807, 2.05) is 0 Å². The first-order chi connectivity index (χ1) is 4.00. The van der Waals surface area contributed by atoms with Gasteiger partial charge in [0, 0.05) is 0 Å². The van der Waals surface area contributed by atoms with Crippen LogP contribution < -0.4 is 19.6 Å². The molecule has 0 aromatic rings. The molecule has 6 nitrogen and oxygen atoms in total. The van der Waals surface area contributed by atoms with Crippen molar-refractivity contribution in [1.29, 1.82) is 0 Å². The normalized spacial score (nSPS) is 10.7. The van der Waals surface area contributed by atoms with Gasteiger partial charge in [-0.15, -0.1) is 0 Å². The third-order valence-corrected chi connectivity index (χ3v) is 0. The molecule has 0 saturated carbocycles. The molecule has 0 atom stereocenters. The van der Waals surface area contributed by atoms with Gasteiger partial charge in [0.2, 0.25) is 0 Å². The molecule has 0 amide bonds. The minimum atomic E-state index is -4.14. The fourth-order valence-corrected chi connectivity index (χ4v) is 0. The van der Waals surface area contributed by atoms with E-state index in [1.54, 1.807) is 0 Å². The molecule has 0 spiro atoms. The third kappa shape index (κ3) is 761. The minimum absolute atomic E-state index is 0. The molecule has 0 aliphatic heterocycles. The summed E-state index contributed by atoms with van der Waals surface area (Å²) < 4.78 is 18.2. The maximum absolute atomic E-state index is 9.10. The van der Waals surface area contributed by atoms with Gasteiger partial charge in [0.25, 0.3) is 0 Å². The Balaban J connectivity index is -0.000000107. The molecule has 0 rings (SSSR count). The quantitative estimate of drug-likeness (QED) is 0.340. The second kappa shape index (κ2) is 6.60. The van der Waals surface area contributed by atoms with E-state index < -0.39 is 15.2 Å². The molecule has 0 aromatic heterocycles. The molecule has 0 radical (unpaired) electrons. The van der Waals surface area contributed by atoms with Crippen molar-refractivity contribution >= 4 is 39.1 Å². The fraction of sp³-hybridized carbons (Fsp3) is 1.00. The van der Waals surface area contributed by atoms with Gasteiger partial charge in [-0.25, -0.2) is 0 Å². The molecular weight excluding hydrogens is 301 g/mol. The van der Waals surface area contributed by atoms with Gasteiger partial charge in [-0.2, -0.15) is 0 Å². The molecule has 0 aromatic carbocycles. The molecule has 0 unspecified atom stereocenters. The first kappa shape index (κ1) is 18.0. The van der Waals surface area contributed by atoms with Gasteiger partial charge in [-0.3, -0.25) is 0 Å². The summed E-state index contributed by atoms with van der Waals surface area (Å²) in [5.41, 5.74) is 0. The molecule has 9 heteroatoms. The zero-order valence-electron chi connectivity index (χ0n) is 5.84. The maximum Gasteiger partial charge on any atom is 4.00 e. The van der Waals surface area contributed by atoms with Crippen molar-refractivity contribution in [3.8, 4) is 0 Å². The van der Waals surface area contributed by atoms with Crippen molar-refractivity contribution < 1.29 is 28.7 Å². The van der Waals surface area contributed by atoms with E-state index in [0.717, 1.165) is 0 Å². The Bertz CT molecular complexity index is 131.